The summed E-state index contributed by atoms with van der Waals surface area (Å²) in [5, 5.41) is 0. The monoisotopic (exact) mass is 234 g/mol. The predicted octanol–water partition coefficient (Wildman–Crippen LogP) is 3.95. The molecule has 88 valence electrons. The average molecular weight is 234 g/mol. The lowest BCUT2D eigenvalue weighted by atomic mass is 10.0. The van der Waals surface area contributed by atoms with Crippen LogP contribution < -0.4 is 4.74 Å². The van der Waals surface area contributed by atoms with E-state index in [4.69, 9.17) is 4.74 Å². The van der Waals surface area contributed by atoms with Gasteiger partial charge in [-0.3, -0.25) is 0 Å². The second kappa shape index (κ2) is 4.53. The number of aryl methyl sites for hydroxylation is 1. The summed E-state index contributed by atoms with van der Waals surface area (Å²) in [5.41, 5.74) is 1.96. The summed E-state index contributed by atoms with van der Waals surface area (Å²) in [4.78, 5) is 0. The van der Waals surface area contributed by atoms with Crippen molar-refractivity contribution in [1.29, 1.82) is 0 Å². The highest BCUT2D eigenvalue weighted by atomic mass is 19.2. The van der Waals surface area contributed by atoms with Crippen LogP contribution >= 0.6 is 0 Å². The highest BCUT2D eigenvalue weighted by Gasteiger charge is 2.14. The molecular weight excluding hydrogens is 222 g/mol. The predicted molar refractivity (Wildman–Crippen MR) is 63.1 cm³/mol. The van der Waals surface area contributed by atoms with Crippen LogP contribution in [0.5, 0.6) is 5.75 Å². The molecule has 0 atom stereocenters. The van der Waals surface area contributed by atoms with Crippen molar-refractivity contribution in [2.24, 2.45) is 0 Å². The van der Waals surface area contributed by atoms with E-state index in [1.165, 1.54) is 19.2 Å². The molecule has 0 aromatic heterocycles. The summed E-state index contributed by atoms with van der Waals surface area (Å²) in [6.07, 6.45) is 0. The van der Waals surface area contributed by atoms with Gasteiger partial charge in [-0.05, 0) is 24.6 Å². The first-order valence-electron chi connectivity index (χ1n) is 5.22. The van der Waals surface area contributed by atoms with Gasteiger partial charge in [0.2, 0.25) is 5.82 Å². The van der Waals surface area contributed by atoms with Crippen molar-refractivity contribution in [3.05, 3.63) is 53.6 Å². The fourth-order valence-electron chi connectivity index (χ4n) is 1.65. The number of benzene rings is 2. The van der Waals surface area contributed by atoms with Crippen molar-refractivity contribution in [3.8, 4) is 16.9 Å². The molecule has 0 amide bonds. The topological polar surface area (TPSA) is 9.23 Å². The third-order valence-corrected chi connectivity index (χ3v) is 2.63. The zero-order valence-electron chi connectivity index (χ0n) is 9.63. The maximum absolute atomic E-state index is 13.8. The SMILES string of the molecule is COc1ccc(-c2ccc(C)cc2)c(F)c1F. The van der Waals surface area contributed by atoms with Gasteiger partial charge in [0, 0.05) is 5.56 Å². The first-order valence-corrected chi connectivity index (χ1v) is 5.22. The lowest BCUT2D eigenvalue weighted by molar-refractivity contribution is 0.372. The van der Waals surface area contributed by atoms with Gasteiger partial charge in [-0.15, -0.1) is 0 Å². The normalized spacial score (nSPS) is 10.4. The number of methoxy groups -OCH3 is 1. The molecule has 0 bridgehead atoms. The fourth-order valence-corrected chi connectivity index (χ4v) is 1.65. The van der Waals surface area contributed by atoms with E-state index in [0.29, 0.717) is 5.56 Å². The van der Waals surface area contributed by atoms with Crippen molar-refractivity contribution in [2.45, 2.75) is 6.92 Å². The first kappa shape index (κ1) is 11.6. The Labute approximate surface area is 98.7 Å². The second-order valence-corrected chi connectivity index (χ2v) is 3.81. The van der Waals surface area contributed by atoms with Gasteiger partial charge in [0.05, 0.1) is 7.11 Å². The van der Waals surface area contributed by atoms with Crippen LogP contribution in [0.25, 0.3) is 11.1 Å². The van der Waals surface area contributed by atoms with Crippen molar-refractivity contribution < 1.29 is 13.5 Å². The molecule has 0 aliphatic heterocycles. The summed E-state index contributed by atoms with van der Waals surface area (Å²) in [6.45, 7) is 1.94. The minimum absolute atomic E-state index is 0.0849. The van der Waals surface area contributed by atoms with Gasteiger partial charge in [-0.2, -0.15) is 4.39 Å². The standard InChI is InChI=1S/C14H12F2O/c1-9-3-5-10(6-4-9)11-7-8-12(17-2)14(16)13(11)15/h3-8H,1-2H3. The fraction of sp³-hybridized carbons (Fsp3) is 0.143. The highest BCUT2D eigenvalue weighted by Crippen LogP contribution is 2.29. The summed E-state index contributed by atoms with van der Waals surface area (Å²) in [6, 6.07) is 10.2. The summed E-state index contributed by atoms with van der Waals surface area (Å²) < 4.78 is 32.0. The van der Waals surface area contributed by atoms with Crippen LogP contribution in [0.4, 0.5) is 8.78 Å². The minimum atomic E-state index is -0.953. The molecule has 2 rings (SSSR count). The molecule has 0 aliphatic rings. The van der Waals surface area contributed by atoms with Crippen molar-refractivity contribution in [3.63, 3.8) is 0 Å². The van der Waals surface area contributed by atoms with E-state index in [-0.39, 0.29) is 11.3 Å². The van der Waals surface area contributed by atoms with E-state index in [2.05, 4.69) is 0 Å². The average Bonchev–Trinajstić information content (AvgIpc) is 2.34. The summed E-state index contributed by atoms with van der Waals surface area (Å²) in [5.74, 6) is -1.92. The number of halogens is 2. The molecule has 0 aliphatic carbocycles. The molecule has 0 radical (unpaired) electrons. The molecule has 3 heteroatoms. The quantitative estimate of drug-likeness (QED) is 0.764. The minimum Gasteiger partial charge on any atom is -0.494 e. The number of rotatable bonds is 2. The molecule has 0 fully saturated rings. The van der Waals surface area contributed by atoms with E-state index in [1.807, 2.05) is 19.1 Å². The van der Waals surface area contributed by atoms with Crippen molar-refractivity contribution in [1.82, 2.24) is 0 Å². The van der Waals surface area contributed by atoms with Crippen LogP contribution in [-0.4, -0.2) is 7.11 Å². The molecule has 0 saturated carbocycles. The van der Waals surface area contributed by atoms with Crippen LogP contribution in [0.1, 0.15) is 5.56 Å². The number of hydrogen-bond donors (Lipinski definition) is 0. The largest absolute Gasteiger partial charge is 0.494 e. The van der Waals surface area contributed by atoms with E-state index in [0.717, 1.165) is 5.56 Å². The first-order chi connectivity index (χ1) is 8.13. The Morgan fingerprint density at radius 3 is 2.12 bits per heavy atom. The Balaban J connectivity index is 2.53. The molecule has 0 N–H and O–H groups in total. The highest BCUT2D eigenvalue weighted by molar-refractivity contribution is 5.65. The molecule has 2 aromatic carbocycles. The molecule has 2 aromatic rings. The molecular formula is C14H12F2O. The van der Waals surface area contributed by atoms with Gasteiger partial charge in [0.1, 0.15) is 0 Å². The van der Waals surface area contributed by atoms with Crippen molar-refractivity contribution >= 4 is 0 Å². The van der Waals surface area contributed by atoms with Gasteiger partial charge >= 0.3 is 0 Å². The summed E-state index contributed by atoms with van der Waals surface area (Å²) in [7, 11) is 1.31. The zero-order chi connectivity index (χ0) is 12.4. The maximum Gasteiger partial charge on any atom is 0.201 e. The maximum atomic E-state index is 13.8. The zero-order valence-corrected chi connectivity index (χ0v) is 9.63. The van der Waals surface area contributed by atoms with Crippen molar-refractivity contribution in [2.75, 3.05) is 7.11 Å². The Bertz CT molecular complexity index is 533. The molecule has 1 nitrogen and oxygen atoms in total. The number of hydrogen-bond acceptors (Lipinski definition) is 1. The molecule has 0 saturated heterocycles. The molecule has 0 spiro atoms. The van der Waals surface area contributed by atoms with Gasteiger partial charge < -0.3 is 4.74 Å². The van der Waals surface area contributed by atoms with Gasteiger partial charge in [-0.25, -0.2) is 4.39 Å². The smallest absolute Gasteiger partial charge is 0.201 e. The third-order valence-electron chi connectivity index (χ3n) is 2.63. The number of ether oxygens (including phenoxy) is 1. The second-order valence-electron chi connectivity index (χ2n) is 3.81. The van der Waals surface area contributed by atoms with E-state index in [1.54, 1.807) is 12.1 Å². The molecule has 17 heavy (non-hydrogen) atoms. The Kier molecular flexibility index (Phi) is 3.09. The van der Waals surface area contributed by atoms with Crippen LogP contribution in [0.3, 0.4) is 0 Å². The third kappa shape index (κ3) is 2.13. The lowest BCUT2D eigenvalue weighted by Gasteiger charge is -2.08. The Hall–Kier alpha value is -1.90. The summed E-state index contributed by atoms with van der Waals surface area (Å²) >= 11 is 0. The van der Waals surface area contributed by atoms with Gasteiger partial charge in [0.25, 0.3) is 0 Å². The van der Waals surface area contributed by atoms with Crippen LogP contribution in [0.15, 0.2) is 36.4 Å². The van der Waals surface area contributed by atoms with Gasteiger partial charge in [0.15, 0.2) is 11.6 Å². The van der Waals surface area contributed by atoms with Crippen LogP contribution in [0, 0.1) is 18.6 Å². The van der Waals surface area contributed by atoms with E-state index < -0.39 is 11.6 Å². The Morgan fingerprint density at radius 2 is 1.53 bits per heavy atom. The molecule has 0 heterocycles. The van der Waals surface area contributed by atoms with E-state index >= 15 is 0 Å². The van der Waals surface area contributed by atoms with Crippen LogP contribution in [0.2, 0.25) is 0 Å². The Morgan fingerprint density at radius 1 is 0.882 bits per heavy atom. The van der Waals surface area contributed by atoms with Crippen LogP contribution in [-0.2, 0) is 0 Å². The van der Waals surface area contributed by atoms with E-state index in [9.17, 15) is 8.78 Å². The van der Waals surface area contributed by atoms with Gasteiger partial charge in [-0.1, -0.05) is 29.8 Å². The molecule has 0 unspecified atom stereocenters. The lowest BCUT2D eigenvalue weighted by Crippen LogP contribution is -1.94.